The quantitative estimate of drug-likeness (QED) is 0.448. The van der Waals surface area contributed by atoms with Crippen molar-refractivity contribution < 1.29 is 0 Å². The van der Waals surface area contributed by atoms with Crippen LogP contribution in [0.15, 0.2) is 72.9 Å². The molecule has 0 saturated heterocycles. The van der Waals surface area contributed by atoms with Crippen molar-refractivity contribution in [3.05, 3.63) is 95.3 Å². The lowest BCUT2D eigenvalue weighted by Crippen LogP contribution is -2.14. The van der Waals surface area contributed by atoms with Gasteiger partial charge in [-0.05, 0) is 42.2 Å². The van der Waals surface area contributed by atoms with E-state index in [9.17, 15) is 0 Å². The maximum atomic E-state index is 4.49. The number of hydrogen-bond acceptors (Lipinski definition) is 2. The first-order valence-corrected chi connectivity index (χ1v) is 9.48. The molecule has 4 rings (SSSR count). The third-order valence-electron chi connectivity index (χ3n) is 5.13. The third kappa shape index (κ3) is 3.45. The maximum Gasteiger partial charge on any atom is 0.126 e. The fraction of sp³-hybridized carbons (Fsp3) is 0.208. The Hall–Kier alpha value is -3.07. The molecule has 136 valence electrons. The summed E-state index contributed by atoms with van der Waals surface area (Å²) in [5.41, 5.74) is 6.20. The Morgan fingerprint density at radius 2 is 1.56 bits per heavy atom. The summed E-state index contributed by atoms with van der Waals surface area (Å²) in [6.07, 6.45) is 1.82. The molecule has 0 amide bonds. The number of aryl methyl sites for hydroxylation is 1. The van der Waals surface area contributed by atoms with Crippen LogP contribution in [0, 0.1) is 6.92 Å². The Labute approximate surface area is 160 Å². The number of hydrogen-bond donors (Lipinski definition) is 2. The van der Waals surface area contributed by atoms with Crippen LogP contribution in [-0.2, 0) is 0 Å². The monoisotopic (exact) mass is 355 g/mol. The zero-order valence-electron chi connectivity index (χ0n) is 16.0. The topological polar surface area (TPSA) is 40.7 Å². The van der Waals surface area contributed by atoms with E-state index in [4.69, 9.17) is 0 Å². The van der Waals surface area contributed by atoms with Gasteiger partial charge in [-0.25, -0.2) is 4.98 Å². The van der Waals surface area contributed by atoms with Crippen molar-refractivity contribution in [2.24, 2.45) is 0 Å². The second kappa shape index (κ2) is 7.28. The molecule has 2 N–H and O–H groups in total. The fourth-order valence-electron chi connectivity index (χ4n) is 3.66. The summed E-state index contributed by atoms with van der Waals surface area (Å²) in [5, 5.41) is 4.89. The van der Waals surface area contributed by atoms with Gasteiger partial charge in [-0.3, -0.25) is 0 Å². The second-order valence-electron chi connectivity index (χ2n) is 7.32. The van der Waals surface area contributed by atoms with Crippen LogP contribution in [0.5, 0.6) is 0 Å². The van der Waals surface area contributed by atoms with Crippen molar-refractivity contribution in [1.82, 2.24) is 9.97 Å². The lowest BCUT2D eigenvalue weighted by atomic mass is 9.93. The van der Waals surface area contributed by atoms with Crippen LogP contribution in [0.2, 0.25) is 0 Å². The number of aromatic amines is 1. The van der Waals surface area contributed by atoms with Gasteiger partial charge in [0.05, 0.1) is 6.04 Å². The normalized spacial score (nSPS) is 12.4. The Bertz CT molecular complexity index is 1030. The van der Waals surface area contributed by atoms with E-state index in [1.807, 2.05) is 24.4 Å². The number of pyridine rings is 1. The largest absolute Gasteiger partial charge is 0.359 e. The molecule has 0 radical (unpaired) electrons. The zero-order chi connectivity index (χ0) is 18.8. The number of nitrogens with zero attached hydrogens (tertiary/aromatic N) is 1. The third-order valence-corrected chi connectivity index (χ3v) is 5.13. The van der Waals surface area contributed by atoms with Gasteiger partial charge in [-0.15, -0.1) is 0 Å². The summed E-state index contributed by atoms with van der Waals surface area (Å²) >= 11 is 0. The summed E-state index contributed by atoms with van der Waals surface area (Å²) in [6, 6.07) is 23.4. The number of fused-ring (bicyclic) bond motifs is 1. The van der Waals surface area contributed by atoms with Gasteiger partial charge in [0, 0.05) is 28.4 Å². The minimum atomic E-state index is 0.0252. The van der Waals surface area contributed by atoms with E-state index in [0.717, 1.165) is 11.3 Å². The molecule has 0 aliphatic carbocycles. The molecule has 0 spiro atoms. The summed E-state index contributed by atoms with van der Waals surface area (Å²) in [5.74, 6) is 1.40. The van der Waals surface area contributed by atoms with Crippen LogP contribution < -0.4 is 5.32 Å². The number of rotatable bonds is 5. The molecule has 4 aromatic rings. The van der Waals surface area contributed by atoms with Gasteiger partial charge in [0.2, 0.25) is 0 Å². The molecule has 0 saturated carbocycles. The van der Waals surface area contributed by atoms with Gasteiger partial charge in [-0.1, -0.05) is 62.4 Å². The molecule has 2 aromatic carbocycles. The number of nitrogens with one attached hydrogen (secondary N) is 2. The maximum absolute atomic E-state index is 4.49. The van der Waals surface area contributed by atoms with E-state index < -0.39 is 0 Å². The summed E-state index contributed by atoms with van der Waals surface area (Å²) in [7, 11) is 0. The molecule has 1 atom stereocenters. The average molecular weight is 355 g/mol. The highest BCUT2D eigenvalue weighted by molar-refractivity contribution is 5.86. The van der Waals surface area contributed by atoms with Crippen LogP contribution in [0.3, 0.4) is 0 Å². The molecule has 0 fully saturated rings. The molecule has 0 aliphatic rings. The van der Waals surface area contributed by atoms with Crippen molar-refractivity contribution >= 4 is 16.7 Å². The van der Waals surface area contributed by atoms with Crippen molar-refractivity contribution in [1.29, 1.82) is 0 Å². The van der Waals surface area contributed by atoms with E-state index >= 15 is 0 Å². The molecule has 3 heteroatoms. The molecular weight excluding hydrogens is 330 g/mol. The first-order chi connectivity index (χ1) is 13.1. The highest BCUT2D eigenvalue weighted by atomic mass is 15.0. The molecule has 3 nitrogen and oxygen atoms in total. The van der Waals surface area contributed by atoms with Gasteiger partial charge in [-0.2, -0.15) is 0 Å². The average Bonchev–Trinajstić information content (AvgIpc) is 3.02. The predicted octanol–water partition coefficient (Wildman–Crippen LogP) is 6.20. The van der Waals surface area contributed by atoms with E-state index in [0.29, 0.717) is 5.92 Å². The van der Waals surface area contributed by atoms with Gasteiger partial charge in [0.25, 0.3) is 0 Å². The Morgan fingerprint density at radius 1 is 0.852 bits per heavy atom. The Morgan fingerprint density at radius 3 is 2.26 bits per heavy atom. The summed E-state index contributed by atoms with van der Waals surface area (Å²) in [4.78, 5) is 8.02. The standard InChI is InChI=1S/C24H25N3/c1-16(2)18-11-13-19(14-12-18)24(27-22-10-6-7-15-25-22)23-17(3)26-21-9-5-4-8-20(21)23/h4-16,24,26H,1-3H3,(H,25,27)/t24-/m0/s1. The van der Waals surface area contributed by atoms with Crippen LogP contribution in [0.4, 0.5) is 5.82 Å². The van der Waals surface area contributed by atoms with Crippen molar-refractivity contribution in [3.63, 3.8) is 0 Å². The fourth-order valence-corrected chi connectivity index (χ4v) is 3.66. The predicted molar refractivity (Wildman–Crippen MR) is 113 cm³/mol. The molecule has 27 heavy (non-hydrogen) atoms. The van der Waals surface area contributed by atoms with Crippen LogP contribution in [0.1, 0.15) is 48.2 Å². The van der Waals surface area contributed by atoms with Crippen LogP contribution >= 0.6 is 0 Å². The Balaban J connectivity index is 1.83. The minimum absolute atomic E-state index is 0.0252. The lowest BCUT2D eigenvalue weighted by Gasteiger charge is -2.21. The van der Waals surface area contributed by atoms with Crippen molar-refractivity contribution in [2.45, 2.75) is 32.7 Å². The first kappa shape index (κ1) is 17.3. The van der Waals surface area contributed by atoms with E-state index in [-0.39, 0.29) is 6.04 Å². The molecule has 0 bridgehead atoms. The summed E-state index contributed by atoms with van der Waals surface area (Å²) in [6.45, 7) is 6.59. The summed E-state index contributed by atoms with van der Waals surface area (Å²) < 4.78 is 0. The SMILES string of the molecule is Cc1[nH]c2ccccc2c1[C@@H](Nc1ccccn1)c1ccc(C(C)C)cc1. The zero-order valence-corrected chi connectivity index (χ0v) is 16.0. The van der Waals surface area contributed by atoms with E-state index in [1.165, 1.54) is 27.8 Å². The smallest absolute Gasteiger partial charge is 0.126 e. The molecule has 2 heterocycles. The Kier molecular flexibility index (Phi) is 4.68. The molecule has 2 aromatic heterocycles. The van der Waals surface area contributed by atoms with Crippen LogP contribution in [-0.4, -0.2) is 9.97 Å². The number of para-hydroxylation sites is 1. The van der Waals surface area contributed by atoms with E-state index in [2.05, 4.69) is 84.6 Å². The van der Waals surface area contributed by atoms with Gasteiger partial charge < -0.3 is 10.3 Å². The highest BCUT2D eigenvalue weighted by Crippen LogP contribution is 2.34. The molecular formula is C24H25N3. The van der Waals surface area contributed by atoms with Gasteiger partial charge >= 0.3 is 0 Å². The van der Waals surface area contributed by atoms with Crippen LogP contribution in [0.25, 0.3) is 10.9 Å². The van der Waals surface area contributed by atoms with Gasteiger partial charge in [0.15, 0.2) is 0 Å². The minimum Gasteiger partial charge on any atom is -0.359 e. The number of H-pyrrole nitrogens is 1. The van der Waals surface area contributed by atoms with Gasteiger partial charge in [0.1, 0.15) is 5.82 Å². The van der Waals surface area contributed by atoms with E-state index in [1.54, 1.807) is 0 Å². The molecule has 0 aliphatic heterocycles. The number of benzene rings is 2. The number of aromatic nitrogens is 2. The molecule has 0 unspecified atom stereocenters. The second-order valence-corrected chi connectivity index (χ2v) is 7.32. The first-order valence-electron chi connectivity index (χ1n) is 9.48. The number of anilines is 1. The van der Waals surface area contributed by atoms with Crippen molar-refractivity contribution in [3.8, 4) is 0 Å². The van der Waals surface area contributed by atoms with Crippen molar-refractivity contribution in [2.75, 3.05) is 5.32 Å². The highest BCUT2D eigenvalue weighted by Gasteiger charge is 2.21. The lowest BCUT2D eigenvalue weighted by molar-refractivity contribution is 0.859.